The third-order valence-electron chi connectivity index (χ3n) is 6.55. The molecule has 194 valence electrons. The number of nitrogens with one attached hydrogen (secondary N) is 1. The summed E-state index contributed by atoms with van der Waals surface area (Å²) < 4.78 is 62.7. The van der Waals surface area contributed by atoms with E-state index in [1.165, 1.54) is 19.4 Å². The van der Waals surface area contributed by atoms with Crippen LogP contribution in [-0.4, -0.2) is 41.3 Å². The lowest BCUT2D eigenvalue weighted by atomic mass is 9.93. The van der Waals surface area contributed by atoms with Crippen molar-refractivity contribution in [2.45, 2.75) is 42.7 Å². The molecular weight excluding hydrogens is 504 g/mol. The largest absolute Gasteiger partial charge is 0.480 e. The Morgan fingerprint density at radius 1 is 1.08 bits per heavy atom. The van der Waals surface area contributed by atoms with E-state index in [1.54, 1.807) is 0 Å². The van der Waals surface area contributed by atoms with Crippen molar-refractivity contribution in [1.82, 2.24) is 14.5 Å². The van der Waals surface area contributed by atoms with Crippen molar-refractivity contribution in [2.75, 3.05) is 17.6 Å². The predicted octanol–water partition coefficient (Wildman–Crippen LogP) is 4.24. The van der Waals surface area contributed by atoms with Crippen LogP contribution in [0.4, 0.5) is 20.4 Å². The number of rotatable bonds is 6. The number of imidazole rings is 1. The highest BCUT2D eigenvalue weighted by Crippen LogP contribution is 2.36. The molecule has 4 aromatic rings. The standard InChI is InChI=1S/C25H25F2N5O4S/c1-36-24-21(31-37(34,35)23-9-3-16(26)12-19(23)27)10-15(13-29-24)14-2-8-20-22(11-14)32(25(28)30-20)17-4-6-18(33)7-5-17/h2-3,8-13,17-18,31,33H,4-7H2,1H3,(H2,28,30)/t17-,18-. The smallest absolute Gasteiger partial charge is 0.264 e. The first-order valence-corrected chi connectivity index (χ1v) is 13.1. The van der Waals surface area contributed by atoms with E-state index in [4.69, 9.17) is 10.5 Å². The molecule has 1 aliphatic rings. The molecule has 0 spiro atoms. The van der Waals surface area contributed by atoms with Crippen LogP contribution < -0.4 is 15.2 Å². The first-order valence-electron chi connectivity index (χ1n) is 11.6. The number of methoxy groups -OCH3 is 1. The first-order chi connectivity index (χ1) is 17.7. The fourth-order valence-electron chi connectivity index (χ4n) is 4.73. The molecule has 0 radical (unpaired) electrons. The summed E-state index contributed by atoms with van der Waals surface area (Å²) in [5.41, 5.74) is 9.02. The van der Waals surface area contributed by atoms with Crippen molar-refractivity contribution in [3.8, 4) is 17.0 Å². The number of nitrogens with zero attached hydrogens (tertiary/aromatic N) is 3. The van der Waals surface area contributed by atoms with Gasteiger partial charge in [-0.05, 0) is 61.6 Å². The lowest BCUT2D eigenvalue weighted by Gasteiger charge is -2.27. The van der Waals surface area contributed by atoms with Gasteiger partial charge in [-0.15, -0.1) is 0 Å². The molecule has 1 fully saturated rings. The van der Waals surface area contributed by atoms with Crippen LogP contribution in [0.15, 0.2) is 53.6 Å². The van der Waals surface area contributed by atoms with E-state index >= 15 is 0 Å². The molecule has 2 aromatic heterocycles. The number of hydrogen-bond acceptors (Lipinski definition) is 7. The normalized spacial score (nSPS) is 18.2. The zero-order valence-electron chi connectivity index (χ0n) is 19.9. The monoisotopic (exact) mass is 529 g/mol. The average molecular weight is 530 g/mol. The average Bonchev–Trinajstić information content (AvgIpc) is 3.19. The first kappa shape index (κ1) is 24.9. The summed E-state index contributed by atoms with van der Waals surface area (Å²) in [6, 6.07) is 9.35. The topological polar surface area (TPSA) is 132 Å². The molecule has 1 saturated carbocycles. The minimum Gasteiger partial charge on any atom is -0.480 e. The molecule has 37 heavy (non-hydrogen) atoms. The van der Waals surface area contributed by atoms with E-state index in [1.807, 2.05) is 22.8 Å². The Morgan fingerprint density at radius 2 is 1.84 bits per heavy atom. The number of benzene rings is 2. The number of anilines is 2. The molecule has 2 heterocycles. The van der Waals surface area contributed by atoms with Gasteiger partial charge in [0.05, 0.1) is 24.2 Å². The Balaban J connectivity index is 1.53. The fourth-order valence-corrected chi connectivity index (χ4v) is 5.84. The number of ether oxygens (including phenoxy) is 1. The van der Waals surface area contributed by atoms with E-state index in [0.717, 1.165) is 30.5 Å². The Hall–Kier alpha value is -3.77. The van der Waals surface area contributed by atoms with Crippen LogP contribution >= 0.6 is 0 Å². The number of aliphatic hydroxyl groups is 1. The summed E-state index contributed by atoms with van der Waals surface area (Å²) in [5, 5.41) is 9.89. The van der Waals surface area contributed by atoms with Crippen LogP contribution in [0.25, 0.3) is 22.2 Å². The minimum atomic E-state index is -4.41. The number of pyridine rings is 1. The van der Waals surface area contributed by atoms with E-state index < -0.39 is 26.6 Å². The molecule has 0 amide bonds. The number of aromatic nitrogens is 3. The van der Waals surface area contributed by atoms with Crippen molar-refractivity contribution < 1.29 is 27.0 Å². The maximum Gasteiger partial charge on any atom is 0.264 e. The van der Waals surface area contributed by atoms with Gasteiger partial charge in [0.15, 0.2) is 0 Å². The van der Waals surface area contributed by atoms with Gasteiger partial charge in [-0.25, -0.2) is 27.2 Å². The minimum absolute atomic E-state index is 0.0156. The molecular formula is C25H25F2N5O4S. The number of sulfonamides is 1. The summed E-state index contributed by atoms with van der Waals surface area (Å²) >= 11 is 0. The second kappa shape index (κ2) is 9.60. The maximum absolute atomic E-state index is 14.2. The lowest BCUT2D eigenvalue weighted by molar-refractivity contribution is 0.112. The van der Waals surface area contributed by atoms with Gasteiger partial charge in [0.2, 0.25) is 11.8 Å². The van der Waals surface area contributed by atoms with Gasteiger partial charge in [0, 0.05) is 23.9 Å². The van der Waals surface area contributed by atoms with E-state index in [2.05, 4.69) is 14.7 Å². The van der Waals surface area contributed by atoms with Crippen LogP contribution in [-0.2, 0) is 10.0 Å². The Labute approximate surface area is 212 Å². The molecule has 5 rings (SSSR count). The third-order valence-corrected chi connectivity index (χ3v) is 7.95. The van der Waals surface area contributed by atoms with Crippen LogP contribution in [0.1, 0.15) is 31.7 Å². The van der Waals surface area contributed by atoms with Crippen molar-refractivity contribution in [3.63, 3.8) is 0 Å². The SMILES string of the molecule is COc1ncc(-c2ccc3nc(N)n([C@H]4CC[C@H](O)CC4)c3c2)cc1NS(=O)(=O)c1ccc(F)cc1F. The number of fused-ring (bicyclic) bond motifs is 1. The van der Waals surface area contributed by atoms with Crippen molar-refractivity contribution in [2.24, 2.45) is 0 Å². The molecule has 9 nitrogen and oxygen atoms in total. The Morgan fingerprint density at radius 3 is 2.54 bits per heavy atom. The zero-order valence-corrected chi connectivity index (χ0v) is 20.7. The van der Waals surface area contributed by atoms with Gasteiger partial charge >= 0.3 is 0 Å². The third kappa shape index (κ3) is 4.81. The van der Waals surface area contributed by atoms with Crippen molar-refractivity contribution in [1.29, 1.82) is 0 Å². The van der Waals surface area contributed by atoms with E-state index in [0.29, 0.717) is 41.5 Å². The van der Waals surface area contributed by atoms with Crippen molar-refractivity contribution in [3.05, 3.63) is 60.3 Å². The summed E-state index contributed by atoms with van der Waals surface area (Å²) in [4.78, 5) is 7.98. The quantitative estimate of drug-likeness (QED) is 0.340. The van der Waals surface area contributed by atoms with Gasteiger partial charge in [-0.2, -0.15) is 0 Å². The molecule has 4 N–H and O–H groups in total. The van der Waals surface area contributed by atoms with Crippen LogP contribution in [0.2, 0.25) is 0 Å². The molecule has 0 saturated heterocycles. The Bertz CT molecular complexity index is 1580. The zero-order chi connectivity index (χ0) is 26.3. The Kier molecular flexibility index (Phi) is 6.46. The van der Waals surface area contributed by atoms with Crippen LogP contribution in [0, 0.1) is 11.6 Å². The summed E-state index contributed by atoms with van der Waals surface area (Å²) in [6.07, 6.45) is 4.14. The highest BCUT2D eigenvalue weighted by Gasteiger charge is 2.25. The molecule has 1 aliphatic carbocycles. The van der Waals surface area contributed by atoms with Gasteiger partial charge in [-0.3, -0.25) is 4.72 Å². The van der Waals surface area contributed by atoms with Gasteiger partial charge < -0.3 is 20.1 Å². The summed E-state index contributed by atoms with van der Waals surface area (Å²) in [5.74, 6) is -1.75. The number of halogens is 2. The number of nitrogens with two attached hydrogens (primary N) is 1. The number of nitrogen functional groups attached to an aromatic ring is 1. The van der Waals surface area contributed by atoms with Crippen molar-refractivity contribution >= 4 is 32.7 Å². The van der Waals surface area contributed by atoms with E-state index in [9.17, 15) is 22.3 Å². The predicted molar refractivity (Wildman–Crippen MR) is 135 cm³/mol. The molecule has 0 unspecified atom stereocenters. The van der Waals surface area contributed by atoms with Crippen LogP contribution in [0.3, 0.4) is 0 Å². The maximum atomic E-state index is 14.2. The fraction of sp³-hybridized carbons (Fsp3) is 0.280. The molecule has 12 heteroatoms. The summed E-state index contributed by atoms with van der Waals surface area (Å²) in [6.45, 7) is 0. The van der Waals surface area contributed by atoms with E-state index in [-0.39, 0.29) is 23.7 Å². The highest BCUT2D eigenvalue weighted by atomic mass is 32.2. The lowest BCUT2D eigenvalue weighted by Crippen LogP contribution is -2.22. The number of hydrogen-bond donors (Lipinski definition) is 3. The molecule has 0 bridgehead atoms. The second-order valence-electron chi connectivity index (χ2n) is 8.97. The molecule has 0 aliphatic heterocycles. The molecule has 2 aromatic carbocycles. The second-order valence-corrected chi connectivity index (χ2v) is 10.6. The van der Waals surface area contributed by atoms with Gasteiger partial charge in [0.1, 0.15) is 22.2 Å². The molecule has 0 atom stereocenters. The number of aliphatic hydroxyl groups excluding tert-OH is 1. The summed E-state index contributed by atoms with van der Waals surface area (Å²) in [7, 11) is -3.09. The van der Waals surface area contributed by atoms with Gasteiger partial charge in [-0.1, -0.05) is 6.07 Å². The highest BCUT2D eigenvalue weighted by molar-refractivity contribution is 7.92. The van der Waals surface area contributed by atoms with Gasteiger partial charge in [0.25, 0.3) is 10.0 Å². The van der Waals surface area contributed by atoms with Crippen LogP contribution in [0.5, 0.6) is 5.88 Å².